The lowest BCUT2D eigenvalue weighted by atomic mass is 9.89. The normalized spacial score (nSPS) is 11.7. The second-order valence-electron chi connectivity index (χ2n) is 7.87. The van der Waals surface area contributed by atoms with Gasteiger partial charge in [-0.25, -0.2) is 0 Å². The molecule has 0 aliphatic heterocycles. The molecule has 0 N–H and O–H groups in total. The van der Waals surface area contributed by atoms with Gasteiger partial charge in [0.2, 0.25) is 0 Å². The summed E-state index contributed by atoms with van der Waals surface area (Å²) in [7, 11) is 1.81. The van der Waals surface area contributed by atoms with Gasteiger partial charge < -0.3 is 4.90 Å². The zero-order valence-electron chi connectivity index (χ0n) is 18.6. The van der Waals surface area contributed by atoms with Gasteiger partial charge in [-0.3, -0.25) is 4.79 Å². The lowest BCUT2D eigenvalue weighted by Gasteiger charge is -2.25. The third-order valence-electron chi connectivity index (χ3n) is 5.89. The molecule has 2 aromatic carbocycles. The van der Waals surface area contributed by atoms with Crippen molar-refractivity contribution in [3.63, 3.8) is 0 Å². The Morgan fingerprint density at radius 3 is 2.14 bits per heavy atom. The average Bonchev–Trinajstić information content (AvgIpc) is 2.65. The number of rotatable bonds is 5. The van der Waals surface area contributed by atoms with Crippen LogP contribution in [0.5, 0.6) is 0 Å². The summed E-state index contributed by atoms with van der Waals surface area (Å²) >= 11 is 0. The highest BCUT2D eigenvalue weighted by Gasteiger charge is 2.21. The van der Waals surface area contributed by atoms with E-state index in [2.05, 4.69) is 65.5 Å². The quantitative estimate of drug-likeness (QED) is 0.528. The van der Waals surface area contributed by atoms with E-state index in [0.29, 0.717) is 5.92 Å². The molecular formula is C26H33NO. The van der Waals surface area contributed by atoms with E-state index in [1.54, 1.807) is 4.90 Å². The number of carbonyl (C=O) groups excluding carboxylic acids is 1. The van der Waals surface area contributed by atoms with Gasteiger partial charge in [-0.2, -0.15) is 0 Å². The molecule has 0 radical (unpaired) electrons. The van der Waals surface area contributed by atoms with Crippen molar-refractivity contribution in [2.45, 2.75) is 48.5 Å². The van der Waals surface area contributed by atoms with Crippen LogP contribution in [0, 0.1) is 33.6 Å². The molecule has 0 aromatic heterocycles. The summed E-state index contributed by atoms with van der Waals surface area (Å²) in [5.74, 6) is 0.306. The fourth-order valence-corrected chi connectivity index (χ4v) is 3.72. The molecule has 2 rings (SSSR count). The van der Waals surface area contributed by atoms with Crippen molar-refractivity contribution in [3.8, 4) is 11.1 Å². The second kappa shape index (κ2) is 8.60. The fourth-order valence-electron chi connectivity index (χ4n) is 3.72. The molecule has 0 fully saturated rings. The molecule has 0 saturated carbocycles. The number of likely N-dealkylation sites (N-methyl/N-ethyl adjacent to an activating group) is 1. The van der Waals surface area contributed by atoms with Crippen molar-refractivity contribution in [2.75, 3.05) is 7.05 Å². The Balaban J connectivity index is 2.46. The van der Waals surface area contributed by atoms with Crippen molar-refractivity contribution in [1.82, 2.24) is 4.90 Å². The molecule has 28 heavy (non-hydrogen) atoms. The Morgan fingerprint density at radius 1 is 0.964 bits per heavy atom. The highest BCUT2D eigenvalue weighted by molar-refractivity contribution is 5.98. The zero-order valence-corrected chi connectivity index (χ0v) is 18.6. The van der Waals surface area contributed by atoms with Gasteiger partial charge in [0.25, 0.3) is 5.91 Å². The van der Waals surface area contributed by atoms with Gasteiger partial charge in [0.1, 0.15) is 0 Å². The first kappa shape index (κ1) is 21.7. The number of nitrogens with zero attached hydrogens (tertiary/aromatic N) is 1. The van der Waals surface area contributed by atoms with Gasteiger partial charge in [-0.15, -0.1) is 0 Å². The topological polar surface area (TPSA) is 20.3 Å². The number of aryl methyl sites for hydroxylation is 1. The Bertz CT molecular complexity index is 947. The summed E-state index contributed by atoms with van der Waals surface area (Å²) in [6.45, 7) is 18.8. The molecule has 2 heteroatoms. The van der Waals surface area contributed by atoms with Gasteiger partial charge in [0.15, 0.2) is 0 Å². The standard InChI is InChI=1S/C26H33NO/c1-10-22(16(2)3)21(8)27(9)26(28)25-15-14-24(19(6)20(25)7)23-13-11-12-17(4)18(23)5/h10-16H,8H2,1-7,9H3. The van der Waals surface area contributed by atoms with Gasteiger partial charge in [-0.1, -0.05) is 50.8 Å². The van der Waals surface area contributed by atoms with E-state index >= 15 is 0 Å². The first-order chi connectivity index (χ1) is 13.1. The third kappa shape index (κ3) is 3.96. The minimum absolute atomic E-state index is 0.0156. The van der Waals surface area contributed by atoms with Crippen LogP contribution in [0.4, 0.5) is 0 Å². The SMILES string of the molecule is C=C(C(=CC)C(C)C)N(C)C(=O)c1ccc(-c2cccc(C)c2C)c(C)c1C. The Hall–Kier alpha value is -2.61. The van der Waals surface area contributed by atoms with E-state index in [4.69, 9.17) is 0 Å². The zero-order chi connectivity index (χ0) is 21.2. The van der Waals surface area contributed by atoms with E-state index in [9.17, 15) is 4.79 Å². The van der Waals surface area contributed by atoms with Crippen molar-refractivity contribution < 1.29 is 4.79 Å². The number of carbonyl (C=O) groups is 1. The Labute approximate surface area is 170 Å². The maximum Gasteiger partial charge on any atom is 0.258 e. The predicted octanol–water partition coefficient (Wildman–Crippen LogP) is 6.78. The number of allylic oxidation sites excluding steroid dienone is 2. The summed E-state index contributed by atoms with van der Waals surface area (Å²) < 4.78 is 0. The van der Waals surface area contributed by atoms with E-state index in [0.717, 1.165) is 28.0 Å². The molecule has 0 heterocycles. The van der Waals surface area contributed by atoms with E-state index in [1.807, 2.05) is 33.0 Å². The van der Waals surface area contributed by atoms with Crippen LogP contribution in [0.15, 0.2) is 54.3 Å². The molecule has 0 saturated heterocycles. The van der Waals surface area contributed by atoms with Crippen LogP contribution in [-0.4, -0.2) is 17.9 Å². The number of amides is 1. The van der Waals surface area contributed by atoms with Crippen LogP contribution in [0.2, 0.25) is 0 Å². The van der Waals surface area contributed by atoms with Gasteiger partial charge in [-0.05, 0) is 85.6 Å². The van der Waals surface area contributed by atoms with Crippen molar-refractivity contribution in [3.05, 3.63) is 82.1 Å². The highest BCUT2D eigenvalue weighted by atomic mass is 16.2. The molecular weight excluding hydrogens is 342 g/mol. The molecule has 0 aliphatic rings. The smallest absolute Gasteiger partial charge is 0.258 e. The van der Waals surface area contributed by atoms with Crippen LogP contribution in [-0.2, 0) is 0 Å². The van der Waals surface area contributed by atoms with Crippen molar-refractivity contribution in [1.29, 1.82) is 0 Å². The van der Waals surface area contributed by atoms with E-state index in [-0.39, 0.29) is 5.91 Å². The first-order valence-electron chi connectivity index (χ1n) is 9.92. The van der Waals surface area contributed by atoms with Crippen LogP contribution in [0.3, 0.4) is 0 Å². The van der Waals surface area contributed by atoms with Gasteiger partial charge in [0.05, 0.1) is 0 Å². The van der Waals surface area contributed by atoms with E-state index < -0.39 is 0 Å². The minimum atomic E-state index is -0.0156. The van der Waals surface area contributed by atoms with Crippen molar-refractivity contribution in [2.24, 2.45) is 5.92 Å². The monoisotopic (exact) mass is 375 g/mol. The maximum atomic E-state index is 13.2. The Kier molecular flexibility index (Phi) is 6.66. The summed E-state index contributed by atoms with van der Waals surface area (Å²) in [5, 5.41) is 0. The summed E-state index contributed by atoms with van der Waals surface area (Å²) in [6.07, 6.45) is 2.04. The number of hydrogen-bond acceptors (Lipinski definition) is 1. The summed E-state index contributed by atoms with van der Waals surface area (Å²) in [4.78, 5) is 14.9. The highest BCUT2D eigenvalue weighted by Crippen LogP contribution is 2.32. The molecule has 0 atom stereocenters. The Morgan fingerprint density at radius 2 is 1.57 bits per heavy atom. The lowest BCUT2D eigenvalue weighted by Crippen LogP contribution is -2.28. The average molecular weight is 376 g/mol. The third-order valence-corrected chi connectivity index (χ3v) is 5.89. The lowest BCUT2D eigenvalue weighted by molar-refractivity contribution is 0.0837. The maximum absolute atomic E-state index is 13.2. The molecule has 2 nitrogen and oxygen atoms in total. The number of hydrogen-bond donors (Lipinski definition) is 0. The van der Waals surface area contributed by atoms with Crippen LogP contribution >= 0.6 is 0 Å². The molecule has 1 amide bonds. The molecule has 0 spiro atoms. The van der Waals surface area contributed by atoms with Crippen LogP contribution in [0.25, 0.3) is 11.1 Å². The fraction of sp³-hybridized carbons (Fsp3) is 0.346. The molecule has 0 aliphatic carbocycles. The largest absolute Gasteiger partial charge is 0.312 e. The second-order valence-corrected chi connectivity index (χ2v) is 7.87. The van der Waals surface area contributed by atoms with Crippen LogP contribution < -0.4 is 0 Å². The minimum Gasteiger partial charge on any atom is -0.312 e. The molecule has 0 unspecified atom stereocenters. The van der Waals surface area contributed by atoms with Crippen LogP contribution in [0.1, 0.15) is 53.4 Å². The molecule has 2 aromatic rings. The summed E-state index contributed by atoms with van der Waals surface area (Å²) in [5.41, 5.74) is 9.73. The van der Waals surface area contributed by atoms with Crippen molar-refractivity contribution >= 4 is 5.91 Å². The van der Waals surface area contributed by atoms with E-state index in [1.165, 1.54) is 22.3 Å². The molecule has 148 valence electrons. The molecule has 0 bridgehead atoms. The van der Waals surface area contributed by atoms with Gasteiger partial charge >= 0.3 is 0 Å². The van der Waals surface area contributed by atoms with Gasteiger partial charge in [0, 0.05) is 18.3 Å². The first-order valence-corrected chi connectivity index (χ1v) is 9.92. The predicted molar refractivity (Wildman–Crippen MR) is 121 cm³/mol. The summed E-state index contributed by atoms with van der Waals surface area (Å²) in [6, 6.07) is 10.4. The number of benzene rings is 2.